The third-order valence-corrected chi connectivity index (χ3v) is 7.21. The summed E-state index contributed by atoms with van der Waals surface area (Å²) in [5.41, 5.74) is -0.0718. The van der Waals surface area contributed by atoms with Gasteiger partial charge in [-0.05, 0) is 25.3 Å². The normalized spacial score (nSPS) is 28.4. The first-order valence-corrected chi connectivity index (χ1v) is 9.84. The minimum absolute atomic E-state index is 0.0718. The Morgan fingerprint density at radius 3 is 2.17 bits per heavy atom. The van der Waals surface area contributed by atoms with Crippen molar-refractivity contribution in [3.8, 4) is 0 Å². The lowest BCUT2D eigenvalue weighted by Crippen LogP contribution is -2.46. The quantitative estimate of drug-likeness (QED) is 0.785. The van der Waals surface area contributed by atoms with Crippen LogP contribution in [0.15, 0.2) is 0 Å². The van der Waals surface area contributed by atoms with E-state index in [1.165, 1.54) is 0 Å². The van der Waals surface area contributed by atoms with E-state index in [1.807, 2.05) is 13.8 Å². The van der Waals surface area contributed by atoms with Gasteiger partial charge in [-0.2, -0.15) is 0 Å². The summed E-state index contributed by atoms with van der Waals surface area (Å²) < 4.78 is 46.6. The summed E-state index contributed by atoms with van der Waals surface area (Å²) in [6.45, 7) is 4.08. The minimum Gasteiger partial charge on any atom is -0.315 e. The van der Waals surface area contributed by atoms with Gasteiger partial charge in [0.15, 0.2) is 9.84 Å². The number of nitrogens with one attached hydrogen (secondary N) is 1. The molecule has 1 aliphatic rings. The second-order valence-electron chi connectivity index (χ2n) is 5.83. The second kappa shape index (κ2) is 5.09. The molecule has 5 nitrogen and oxygen atoms in total. The van der Waals surface area contributed by atoms with Crippen molar-refractivity contribution in [1.82, 2.24) is 5.32 Å². The SMILES string of the molecule is CNC1C(S(=O)(=O)CCS(C)(=O)=O)CCC1(C)C. The van der Waals surface area contributed by atoms with E-state index in [2.05, 4.69) is 5.32 Å². The molecule has 0 spiro atoms. The highest BCUT2D eigenvalue weighted by Gasteiger charge is 2.46. The zero-order chi connectivity index (χ0) is 14.2. The predicted molar refractivity (Wildman–Crippen MR) is 73.1 cm³/mol. The van der Waals surface area contributed by atoms with E-state index in [9.17, 15) is 16.8 Å². The molecule has 0 radical (unpaired) electrons. The van der Waals surface area contributed by atoms with Crippen molar-refractivity contribution in [2.45, 2.75) is 38.0 Å². The lowest BCUT2D eigenvalue weighted by Gasteiger charge is -2.30. The summed E-state index contributed by atoms with van der Waals surface area (Å²) in [5, 5.41) is 2.61. The fraction of sp³-hybridized carbons (Fsp3) is 1.00. The Hall–Kier alpha value is -0.140. The van der Waals surface area contributed by atoms with E-state index in [1.54, 1.807) is 7.05 Å². The zero-order valence-corrected chi connectivity index (χ0v) is 13.1. The van der Waals surface area contributed by atoms with Crippen molar-refractivity contribution in [3.05, 3.63) is 0 Å². The smallest absolute Gasteiger partial charge is 0.155 e. The third-order valence-electron chi connectivity index (χ3n) is 3.80. The lowest BCUT2D eigenvalue weighted by atomic mass is 9.87. The van der Waals surface area contributed by atoms with Crippen LogP contribution in [0, 0.1) is 5.41 Å². The molecule has 1 aliphatic carbocycles. The molecule has 2 atom stereocenters. The first-order chi connectivity index (χ1) is 7.99. The van der Waals surface area contributed by atoms with Gasteiger partial charge in [-0.25, -0.2) is 16.8 Å². The maximum absolute atomic E-state index is 12.2. The van der Waals surface area contributed by atoms with E-state index in [0.717, 1.165) is 12.7 Å². The monoisotopic (exact) mass is 297 g/mol. The van der Waals surface area contributed by atoms with E-state index >= 15 is 0 Å². The first-order valence-electron chi connectivity index (χ1n) is 6.06. The number of rotatable bonds is 5. The van der Waals surface area contributed by atoms with E-state index < -0.39 is 24.9 Å². The summed E-state index contributed by atoms with van der Waals surface area (Å²) in [5.74, 6) is -0.562. The van der Waals surface area contributed by atoms with Gasteiger partial charge in [0.05, 0.1) is 16.8 Å². The summed E-state index contributed by atoms with van der Waals surface area (Å²) in [7, 11) is -4.85. The Balaban J connectivity index is 2.87. The van der Waals surface area contributed by atoms with Gasteiger partial charge in [0.1, 0.15) is 9.84 Å². The van der Waals surface area contributed by atoms with Gasteiger partial charge < -0.3 is 5.32 Å². The molecule has 108 valence electrons. The molecule has 7 heteroatoms. The van der Waals surface area contributed by atoms with Gasteiger partial charge in [-0.15, -0.1) is 0 Å². The maximum Gasteiger partial charge on any atom is 0.155 e. The molecule has 18 heavy (non-hydrogen) atoms. The summed E-state index contributed by atoms with van der Waals surface area (Å²) in [6.07, 6.45) is 2.50. The summed E-state index contributed by atoms with van der Waals surface area (Å²) >= 11 is 0. The first kappa shape index (κ1) is 15.9. The van der Waals surface area contributed by atoms with Crippen LogP contribution < -0.4 is 5.32 Å². The molecular weight excluding hydrogens is 274 g/mol. The molecule has 0 saturated heterocycles. The average molecular weight is 297 g/mol. The van der Waals surface area contributed by atoms with Gasteiger partial charge in [0.2, 0.25) is 0 Å². The molecule has 1 rings (SSSR count). The Labute approximate surface area is 110 Å². The predicted octanol–water partition coefficient (Wildman–Crippen LogP) is 0.222. The molecule has 0 aromatic rings. The van der Waals surface area contributed by atoms with Crippen LogP contribution in [0.25, 0.3) is 0 Å². The third kappa shape index (κ3) is 3.68. The molecule has 1 saturated carbocycles. The maximum atomic E-state index is 12.2. The molecule has 0 amide bonds. The van der Waals surface area contributed by atoms with Crippen molar-refractivity contribution in [2.75, 3.05) is 24.8 Å². The highest BCUT2D eigenvalue weighted by molar-refractivity contribution is 7.95. The fourth-order valence-electron chi connectivity index (χ4n) is 2.72. The van der Waals surface area contributed by atoms with Crippen LogP contribution in [0.5, 0.6) is 0 Å². The molecule has 0 bridgehead atoms. The standard InChI is InChI=1S/C11H23NO4S2/c1-11(2)6-5-9(10(11)12-3)18(15,16)8-7-17(4,13)14/h9-10,12H,5-8H2,1-4H3. The largest absolute Gasteiger partial charge is 0.315 e. The highest BCUT2D eigenvalue weighted by atomic mass is 32.2. The van der Waals surface area contributed by atoms with Crippen molar-refractivity contribution in [2.24, 2.45) is 5.41 Å². The van der Waals surface area contributed by atoms with Crippen LogP contribution in [0.3, 0.4) is 0 Å². The van der Waals surface area contributed by atoms with Crippen molar-refractivity contribution in [1.29, 1.82) is 0 Å². The Morgan fingerprint density at radius 2 is 1.72 bits per heavy atom. The number of sulfone groups is 2. The summed E-state index contributed by atoms with van der Waals surface area (Å²) in [6, 6.07) is -0.109. The molecule has 1 N–H and O–H groups in total. The molecule has 0 aromatic carbocycles. The van der Waals surface area contributed by atoms with Crippen LogP contribution >= 0.6 is 0 Å². The van der Waals surface area contributed by atoms with Crippen LogP contribution in [0.2, 0.25) is 0 Å². The van der Waals surface area contributed by atoms with Crippen molar-refractivity contribution >= 4 is 19.7 Å². The molecule has 2 unspecified atom stereocenters. The fourth-order valence-corrected chi connectivity index (χ4v) is 6.56. The van der Waals surface area contributed by atoms with Crippen molar-refractivity contribution in [3.63, 3.8) is 0 Å². The molecular formula is C11H23NO4S2. The van der Waals surface area contributed by atoms with Gasteiger partial charge in [0.25, 0.3) is 0 Å². The minimum atomic E-state index is -3.37. The average Bonchev–Trinajstić information content (AvgIpc) is 2.50. The van der Waals surface area contributed by atoms with E-state index in [4.69, 9.17) is 0 Å². The molecule has 0 aliphatic heterocycles. The van der Waals surface area contributed by atoms with Crippen LogP contribution in [0.1, 0.15) is 26.7 Å². The molecule has 0 heterocycles. The zero-order valence-electron chi connectivity index (χ0n) is 11.4. The van der Waals surface area contributed by atoms with Crippen LogP contribution in [-0.4, -0.2) is 52.9 Å². The lowest BCUT2D eigenvalue weighted by molar-refractivity contribution is 0.297. The van der Waals surface area contributed by atoms with E-state index in [-0.39, 0.29) is 23.0 Å². The topological polar surface area (TPSA) is 80.3 Å². The van der Waals surface area contributed by atoms with Gasteiger partial charge in [-0.1, -0.05) is 13.8 Å². The van der Waals surface area contributed by atoms with Crippen LogP contribution in [0.4, 0.5) is 0 Å². The Bertz CT molecular complexity index is 493. The van der Waals surface area contributed by atoms with Gasteiger partial charge >= 0.3 is 0 Å². The van der Waals surface area contributed by atoms with Gasteiger partial charge in [-0.3, -0.25) is 0 Å². The number of hydrogen-bond acceptors (Lipinski definition) is 5. The van der Waals surface area contributed by atoms with Gasteiger partial charge in [0, 0.05) is 12.3 Å². The molecule has 0 aromatic heterocycles. The Morgan fingerprint density at radius 1 is 1.17 bits per heavy atom. The van der Waals surface area contributed by atoms with Crippen molar-refractivity contribution < 1.29 is 16.8 Å². The second-order valence-corrected chi connectivity index (χ2v) is 10.4. The summed E-state index contributed by atoms with van der Waals surface area (Å²) in [4.78, 5) is 0. The Kier molecular flexibility index (Phi) is 4.50. The van der Waals surface area contributed by atoms with E-state index in [0.29, 0.717) is 6.42 Å². The molecule has 1 fully saturated rings. The van der Waals surface area contributed by atoms with Crippen LogP contribution in [-0.2, 0) is 19.7 Å². The number of hydrogen-bond donors (Lipinski definition) is 1. The highest BCUT2D eigenvalue weighted by Crippen LogP contribution is 2.40.